The van der Waals surface area contributed by atoms with Gasteiger partial charge in [-0.05, 0) is 43.0 Å². The second-order valence-electron chi connectivity index (χ2n) is 5.87. The number of para-hydroxylation sites is 1. The monoisotopic (exact) mass is 327 g/mol. The van der Waals surface area contributed by atoms with E-state index >= 15 is 0 Å². The molecule has 1 N–H and O–H groups in total. The third kappa shape index (κ3) is 2.11. The smallest absolute Gasteiger partial charge is 0.268 e. The van der Waals surface area contributed by atoms with Gasteiger partial charge in [0.25, 0.3) is 10.0 Å². The highest BCUT2D eigenvalue weighted by molar-refractivity contribution is 7.90. The lowest BCUT2D eigenvalue weighted by Crippen LogP contribution is -2.20. The number of hydrogen-bond acceptors (Lipinski definition) is 3. The Bertz CT molecular complexity index is 974. The van der Waals surface area contributed by atoms with Crippen molar-refractivity contribution in [2.24, 2.45) is 0 Å². The fourth-order valence-corrected chi connectivity index (χ4v) is 5.08. The maximum absolute atomic E-state index is 13.2. The van der Waals surface area contributed by atoms with Crippen molar-refractivity contribution in [3.63, 3.8) is 0 Å². The Balaban J connectivity index is 2.10. The number of aliphatic hydroxyl groups is 1. The summed E-state index contributed by atoms with van der Waals surface area (Å²) in [4.78, 5) is 0.237. The van der Waals surface area contributed by atoms with E-state index in [1.807, 2.05) is 18.2 Å². The standard InChI is InChI=1S/C18H17NO3S/c20-17-12-6-10-15-14-9-4-5-11-16(14)19(18(15)17)23(21,22)13-7-2-1-3-8-13/h1-5,7-9,11,17,20H,6,10,12H2. The van der Waals surface area contributed by atoms with Gasteiger partial charge in [0, 0.05) is 5.39 Å². The molecule has 1 aliphatic carbocycles. The van der Waals surface area contributed by atoms with E-state index < -0.39 is 16.1 Å². The van der Waals surface area contributed by atoms with Crippen molar-refractivity contribution >= 4 is 20.9 Å². The van der Waals surface area contributed by atoms with Gasteiger partial charge in [0.05, 0.1) is 22.2 Å². The summed E-state index contributed by atoms with van der Waals surface area (Å²) in [6.07, 6.45) is 1.51. The summed E-state index contributed by atoms with van der Waals surface area (Å²) in [5, 5.41) is 11.4. The van der Waals surface area contributed by atoms with Crippen LogP contribution in [-0.4, -0.2) is 17.5 Å². The van der Waals surface area contributed by atoms with Gasteiger partial charge < -0.3 is 5.11 Å². The van der Waals surface area contributed by atoms with E-state index in [1.54, 1.807) is 36.4 Å². The van der Waals surface area contributed by atoms with Gasteiger partial charge in [0.15, 0.2) is 0 Å². The molecule has 5 heteroatoms. The fraction of sp³-hybridized carbons (Fsp3) is 0.222. The number of aliphatic hydroxyl groups excluding tert-OH is 1. The van der Waals surface area contributed by atoms with Crippen LogP contribution in [0.3, 0.4) is 0 Å². The molecule has 0 saturated carbocycles. The van der Waals surface area contributed by atoms with Crippen LogP contribution in [0.15, 0.2) is 59.5 Å². The zero-order chi connectivity index (χ0) is 16.0. The summed E-state index contributed by atoms with van der Waals surface area (Å²) in [7, 11) is -3.74. The summed E-state index contributed by atoms with van der Waals surface area (Å²) in [5.74, 6) is 0. The van der Waals surface area contributed by atoms with Gasteiger partial charge >= 0.3 is 0 Å². The molecule has 0 saturated heterocycles. The van der Waals surface area contributed by atoms with Gasteiger partial charge in [-0.2, -0.15) is 0 Å². The summed E-state index contributed by atoms with van der Waals surface area (Å²) in [6.45, 7) is 0. The van der Waals surface area contributed by atoms with Gasteiger partial charge in [-0.3, -0.25) is 0 Å². The summed E-state index contributed by atoms with van der Waals surface area (Å²) >= 11 is 0. The summed E-state index contributed by atoms with van der Waals surface area (Å²) < 4.78 is 27.7. The Labute approximate surface area is 135 Å². The largest absolute Gasteiger partial charge is 0.387 e. The SMILES string of the molecule is O=S(=O)(c1ccccc1)n1c2c(c3ccccc31)CCCC2O. The Morgan fingerprint density at radius 3 is 2.48 bits per heavy atom. The zero-order valence-electron chi connectivity index (χ0n) is 12.5. The number of hydrogen-bond donors (Lipinski definition) is 1. The molecular formula is C18H17NO3S. The van der Waals surface area contributed by atoms with Gasteiger partial charge in [-0.1, -0.05) is 36.4 Å². The minimum atomic E-state index is -3.74. The molecule has 0 fully saturated rings. The van der Waals surface area contributed by atoms with E-state index in [0.29, 0.717) is 17.6 Å². The van der Waals surface area contributed by atoms with E-state index in [0.717, 1.165) is 23.8 Å². The summed E-state index contributed by atoms with van der Waals surface area (Å²) in [5.41, 5.74) is 2.13. The molecule has 1 atom stereocenters. The van der Waals surface area contributed by atoms with Crippen molar-refractivity contribution in [1.29, 1.82) is 0 Å². The van der Waals surface area contributed by atoms with E-state index in [2.05, 4.69) is 0 Å². The molecule has 2 aromatic carbocycles. The highest BCUT2D eigenvalue weighted by Gasteiger charge is 2.32. The lowest BCUT2D eigenvalue weighted by molar-refractivity contribution is 0.151. The van der Waals surface area contributed by atoms with Crippen LogP contribution in [-0.2, 0) is 16.4 Å². The van der Waals surface area contributed by atoms with Gasteiger partial charge in [0.1, 0.15) is 0 Å². The third-order valence-corrected chi connectivity index (χ3v) is 6.22. The van der Waals surface area contributed by atoms with E-state index in [-0.39, 0.29) is 4.90 Å². The fourth-order valence-electron chi connectivity index (χ4n) is 3.46. The molecule has 0 spiro atoms. The average Bonchev–Trinajstić information content (AvgIpc) is 2.92. The van der Waals surface area contributed by atoms with Crippen molar-refractivity contribution in [2.75, 3.05) is 0 Å². The molecule has 0 bridgehead atoms. The number of fused-ring (bicyclic) bond motifs is 3. The highest BCUT2D eigenvalue weighted by atomic mass is 32.2. The highest BCUT2D eigenvalue weighted by Crippen LogP contribution is 2.39. The normalized spacial score (nSPS) is 18.0. The second-order valence-corrected chi connectivity index (χ2v) is 7.66. The molecule has 1 aromatic heterocycles. The third-order valence-electron chi connectivity index (χ3n) is 4.48. The molecule has 1 heterocycles. The van der Waals surface area contributed by atoms with E-state index in [4.69, 9.17) is 0 Å². The van der Waals surface area contributed by atoms with E-state index in [1.165, 1.54) is 3.97 Å². The predicted molar refractivity (Wildman–Crippen MR) is 88.9 cm³/mol. The Kier molecular flexibility index (Phi) is 3.28. The lowest BCUT2D eigenvalue weighted by atomic mass is 9.94. The van der Waals surface area contributed by atoms with Crippen molar-refractivity contribution in [3.05, 3.63) is 65.9 Å². The Morgan fingerprint density at radius 1 is 1.00 bits per heavy atom. The van der Waals surface area contributed by atoms with Crippen molar-refractivity contribution in [3.8, 4) is 0 Å². The van der Waals surface area contributed by atoms with Crippen LogP contribution in [0.4, 0.5) is 0 Å². The van der Waals surface area contributed by atoms with Gasteiger partial charge in [0.2, 0.25) is 0 Å². The summed E-state index contributed by atoms with van der Waals surface area (Å²) in [6, 6.07) is 15.9. The number of aryl methyl sites for hydroxylation is 1. The van der Waals surface area contributed by atoms with Crippen LogP contribution in [0, 0.1) is 0 Å². The van der Waals surface area contributed by atoms with Crippen LogP contribution >= 0.6 is 0 Å². The first-order valence-electron chi connectivity index (χ1n) is 7.71. The number of benzene rings is 2. The van der Waals surface area contributed by atoms with Crippen LogP contribution in [0.25, 0.3) is 10.9 Å². The number of rotatable bonds is 2. The van der Waals surface area contributed by atoms with E-state index in [9.17, 15) is 13.5 Å². The molecule has 118 valence electrons. The quantitative estimate of drug-likeness (QED) is 0.786. The molecule has 4 nitrogen and oxygen atoms in total. The van der Waals surface area contributed by atoms with Crippen LogP contribution in [0.5, 0.6) is 0 Å². The molecule has 4 rings (SSSR count). The average molecular weight is 327 g/mol. The minimum absolute atomic E-state index is 0.237. The molecule has 1 aliphatic rings. The first kappa shape index (κ1) is 14.5. The maximum atomic E-state index is 13.2. The number of nitrogens with zero attached hydrogens (tertiary/aromatic N) is 1. The molecule has 1 unspecified atom stereocenters. The second kappa shape index (κ2) is 5.22. The number of aromatic nitrogens is 1. The van der Waals surface area contributed by atoms with Gasteiger partial charge in [-0.25, -0.2) is 12.4 Å². The Morgan fingerprint density at radius 2 is 1.70 bits per heavy atom. The molecule has 23 heavy (non-hydrogen) atoms. The molecule has 0 radical (unpaired) electrons. The van der Waals surface area contributed by atoms with Gasteiger partial charge in [-0.15, -0.1) is 0 Å². The van der Waals surface area contributed by atoms with Crippen molar-refractivity contribution in [1.82, 2.24) is 3.97 Å². The Hall–Kier alpha value is -2.11. The first-order chi connectivity index (χ1) is 11.1. The molecular weight excluding hydrogens is 310 g/mol. The van der Waals surface area contributed by atoms with Crippen molar-refractivity contribution in [2.45, 2.75) is 30.3 Å². The van der Waals surface area contributed by atoms with Crippen LogP contribution in [0.2, 0.25) is 0 Å². The molecule has 3 aromatic rings. The lowest BCUT2D eigenvalue weighted by Gasteiger charge is -2.21. The molecule has 0 amide bonds. The van der Waals surface area contributed by atoms with Crippen molar-refractivity contribution < 1.29 is 13.5 Å². The first-order valence-corrected chi connectivity index (χ1v) is 9.15. The topological polar surface area (TPSA) is 59.3 Å². The van der Waals surface area contributed by atoms with Crippen LogP contribution in [0.1, 0.15) is 30.2 Å². The minimum Gasteiger partial charge on any atom is -0.387 e. The van der Waals surface area contributed by atoms with Crippen LogP contribution < -0.4 is 0 Å². The molecule has 0 aliphatic heterocycles. The predicted octanol–water partition coefficient (Wildman–Crippen LogP) is 3.25. The zero-order valence-corrected chi connectivity index (χ0v) is 13.3. The maximum Gasteiger partial charge on any atom is 0.268 e.